The first-order valence-corrected chi connectivity index (χ1v) is 6.40. The van der Waals surface area contributed by atoms with Crippen LogP contribution in [0.4, 0.5) is 0 Å². The minimum absolute atomic E-state index is 0.137. The standard InChI is InChI=1S/C14H18O3/c15-12-3-1-2-10(8-12)11-4-5-13-14(9-11)17-7-6-16-13/h4-5,9-10,12,15H,1-3,6-8H2. The lowest BCUT2D eigenvalue weighted by molar-refractivity contribution is 0.119. The van der Waals surface area contributed by atoms with Gasteiger partial charge < -0.3 is 14.6 Å². The summed E-state index contributed by atoms with van der Waals surface area (Å²) >= 11 is 0. The number of aliphatic hydroxyl groups is 1. The van der Waals surface area contributed by atoms with Gasteiger partial charge in [0.15, 0.2) is 11.5 Å². The maximum absolute atomic E-state index is 9.72. The molecule has 1 aromatic carbocycles. The van der Waals surface area contributed by atoms with Crippen molar-refractivity contribution in [2.45, 2.75) is 37.7 Å². The van der Waals surface area contributed by atoms with Crippen LogP contribution in [-0.2, 0) is 0 Å². The lowest BCUT2D eigenvalue weighted by atomic mass is 9.82. The van der Waals surface area contributed by atoms with Crippen LogP contribution in [0.1, 0.15) is 37.2 Å². The monoisotopic (exact) mass is 234 g/mol. The maximum atomic E-state index is 9.72. The third-order valence-corrected chi connectivity index (χ3v) is 3.68. The lowest BCUT2D eigenvalue weighted by Crippen LogP contribution is -2.19. The molecule has 92 valence electrons. The van der Waals surface area contributed by atoms with Gasteiger partial charge in [0.25, 0.3) is 0 Å². The molecule has 1 saturated carbocycles. The molecule has 17 heavy (non-hydrogen) atoms. The topological polar surface area (TPSA) is 38.7 Å². The number of benzene rings is 1. The van der Waals surface area contributed by atoms with Crippen LogP contribution in [-0.4, -0.2) is 24.4 Å². The molecule has 3 heteroatoms. The second-order valence-electron chi connectivity index (χ2n) is 4.92. The number of aliphatic hydroxyl groups excluding tert-OH is 1. The summed E-state index contributed by atoms with van der Waals surface area (Å²) in [5, 5.41) is 9.72. The van der Waals surface area contributed by atoms with Gasteiger partial charge in [-0.15, -0.1) is 0 Å². The van der Waals surface area contributed by atoms with Gasteiger partial charge in [-0.2, -0.15) is 0 Å². The van der Waals surface area contributed by atoms with Crippen LogP contribution in [0.3, 0.4) is 0 Å². The Morgan fingerprint density at radius 3 is 2.71 bits per heavy atom. The Kier molecular flexibility index (Phi) is 2.93. The van der Waals surface area contributed by atoms with Gasteiger partial charge in [0.2, 0.25) is 0 Å². The highest BCUT2D eigenvalue weighted by molar-refractivity contribution is 5.44. The molecule has 0 aromatic heterocycles. The highest BCUT2D eigenvalue weighted by Gasteiger charge is 2.23. The van der Waals surface area contributed by atoms with E-state index in [2.05, 4.69) is 12.1 Å². The van der Waals surface area contributed by atoms with Crippen LogP contribution < -0.4 is 9.47 Å². The van der Waals surface area contributed by atoms with Gasteiger partial charge in [0.05, 0.1) is 6.10 Å². The van der Waals surface area contributed by atoms with Crippen LogP contribution in [0.25, 0.3) is 0 Å². The Morgan fingerprint density at radius 1 is 1.06 bits per heavy atom. The molecule has 3 rings (SSSR count). The van der Waals surface area contributed by atoms with Crippen molar-refractivity contribution in [1.82, 2.24) is 0 Å². The van der Waals surface area contributed by atoms with E-state index in [0.29, 0.717) is 19.1 Å². The first-order valence-electron chi connectivity index (χ1n) is 6.40. The summed E-state index contributed by atoms with van der Waals surface area (Å²) < 4.78 is 11.1. The molecule has 1 aliphatic heterocycles. The van der Waals surface area contributed by atoms with Crippen LogP contribution in [0.15, 0.2) is 18.2 Å². The van der Waals surface area contributed by atoms with E-state index in [9.17, 15) is 5.11 Å². The summed E-state index contributed by atoms with van der Waals surface area (Å²) in [5.74, 6) is 2.17. The fourth-order valence-corrected chi connectivity index (χ4v) is 2.78. The van der Waals surface area contributed by atoms with Gasteiger partial charge in [0, 0.05) is 0 Å². The van der Waals surface area contributed by atoms with E-state index in [1.807, 2.05) is 6.07 Å². The smallest absolute Gasteiger partial charge is 0.161 e. The third-order valence-electron chi connectivity index (χ3n) is 3.68. The Morgan fingerprint density at radius 2 is 1.88 bits per heavy atom. The van der Waals surface area contributed by atoms with Crippen LogP contribution in [0.2, 0.25) is 0 Å². The minimum atomic E-state index is -0.137. The van der Waals surface area contributed by atoms with E-state index in [4.69, 9.17) is 9.47 Å². The molecular weight excluding hydrogens is 216 g/mol. The van der Waals surface area contributed by atoms with Crippen molar-refractivity contribution in [3.8, 4) is 11.5 Å². The number of ether oxygens (including phenoxy) is 2. The molecule has 0 spiro atoms. The predicted octanol–water partition coefficient (Wildman–Crippen LogP) is 2.48. The van der Waals surface area contributed by atoms with E-state index < -0.39 is 0 Å². The van der Waals surface area contributed by atoms with E-state index in [1.54, 1.807) is 0 Å². The highest BCUT2D eigenvalue weighted by Crippen LogP contribution is 2.38. The third kappa shape index (κ3) is 2.25. The van der Waals surface area contributed by atoms with Crippen molar-refractivity contribution in [1.29, 1.82) is 0 Å². The Hall–Kier alpha value is -1.22. The lowest BCUT2D eigenvalue weighted by Gasteiger charge is -2.27. The molecule has 2 aliphatic rings. The largest absolute Gasteiger partial charge is 0.486 e. The summed E-state index contributed by atoms with van der Waals surface area (Å²) in [6, 6.07) is 6.18. The summed E-state index contributed by atoms with van der Waals surface area (Å²) in [7, 11) is 0. The molecule has 1 aliphatic carbocycles. The fourth-order valence-electron chi connectivity index (χ4n) is 2.78. The summed E-state index contributed by atoms with van der Waals surface area (Å²) in [6.07, 6.45) is 3.96. The van der Waals surface area contributed by atoms with E-state index in [0.717, 1.165) is 37.2 Å². The van der Waals surface area contributed by atoms with E-state index in [1.165, 1.54) is 5.56 Å². The molecular formula is C14H18O3. The number of hydrogen-bond acceptors (Lipinski definition) is 3. The minimum Gasteiger partial charge on any atom is -0.486 e. The molecule has 0 amide bonds. The maximum Gasteiger partial charge on any atom is 0.161 e. The van der Waals surface area contributed by atoms with Gasteiger partial charge >= 0.3 is 0 Å². The molecule has 1 fully saturated rings. The quantitative estimate of drug-likeness (QED) is 0.811. The van der Waals surface area contributed by atoms with Crippen molar-refractivity contribution in [3.63, 3.8) is 0 Å². The van der Waals surface area contributed by atoms with Crippen molar-refractivity contribution in [2.24, 2.45) is 0 Å². The Labute approximate surface area is 101 Å². The Balaban J connectivity index is 1.83. The average Bonchev–Trinajstić information content (AvgIpc) is 2.38. The first-order chi connectivity index (χ1) is 8.33. The summed E-state index contributed by atoms with van der Waals surface area (Å²) in [6.45, 7) is 1.26. The zero-order valence-electron chi connectivity index (χ0n) is 9.89. The zero-order chi connectivity index (χ0) is 11.7. The normalized spacial score (nSPS) is 27.8. The summed E-state index contributed by atoms with van der Waals surface area (Å²) in [4.78, 5) is 0. The van der Waals surface area contributed by atoms with Crippen molar-refractivity contribution >= 4 is 0 Å². The van der Waals surface area contributed by atoms with E-state index >= 15 is 0 Å². The van der Waals surface area contributed by atoms with Crippen molar-refractivity contribution < 1.29 is 14.6 Å². The SMILES string of the molecule is OC1CCCC(c2ccc3c(c2)OCCO3)C1. The molecule has 2 unspecified atom stereocenters. The van der Waals surface area contributed by atoms with E-state index in [-0.39, 0.29) is 6.10 Å². The number of fused-ring (bicyclic) bond motifs is 1. The molecule has 1 aromatic rings. The molecule has 3 nitrogen and oxygen atoms in total. The van der Waals surface area contributed by atoms with Gasteiger partial charge in [-0.3, -0.25) is 0 Å². The van der Waals surface area contributed by atoms with Crippen molar-refractivity contribution in [2.75, 3.05) is 13.2 Å². The van der Waals surface area contributed by atoms with Gasteiger partial charge in [0.1, 0.15) is 13.2 Å². The predicted molar refractivity (Wildman–Crippen MR) is 64.6 cm³/mol. The van der Waals surface area contributed by atoms with Gasteiger partial charge in [-0.05, 0) is 42.9 Å². The fraction of sp³-hybridized carbons (Fsp3) is 0.571. The van der Waals surface area contributed by atoms with Crippen LogP contribution in [0, 0.1) is 0 Å². The second-order valence-corrected chi connectivity index (χ2v) is 4.92. The Bertz CT molecular complexity index is 402. The number of rotatable bonds is 1. The van der Waals surface area contributed by atoms with Crippen LogP contribution >= 0.6 is 0 Å². The molecule has 2 atom stereocenters. The average molecular weight is 234 g/mol. The first kappa shape index (κ1) is 10.9. The van der Waals surface area contributed by atoms with Gasteiger partial charge in [-0.1, -0.05) is 12.5 Å². The molecule has 0 bridgehead atoms. The molecule has 1 N–H and O–H groups in total. The van der Waals surface area contributed by atoms with Gasteiger partial charge in [-0.25, -0.2) is 0 Å². The zero-order valence-corrected chi connectivity index (χ0v) is 9.89. The molecule has 0 saturated heterocycles. The number of hydrogen-bond donors (Lipinski definition) is 1. The summed E-state index contributed by atoms with van der Waals surface area (Å²) in [5.41, 5.74) is 1.27. The highest BCUT2D eigenvalue weighted by atomic mass is 16.6. The molecule has 0 radical (unpaired) electrons. The molecule has 1 heterocycles. The van der Waals surface area contributed by atoms with Crippen LogP contribution in [0.5, 0.6) is 11.5 Å². The van der Waals surface area contributed by atoms with Crippen molar-refractivity contribution in [3.05, 3.63) is 23.8 Å². The second kappa shape index (κ2) is 4.57.